The molecule has 1 rings (SSSR count). The van der Waals surface area contributed by atoms with Crippen molar-refractivity contribution >= 4 is 12.1 Å². The number of unbranched alkanes of at least 4 members (excludes halogenated alkanes) is 11. The summed E-state index contributed by atoms with van der Waals surface area (Å²) >= 11 is 0. The van der Waals surface area contributed by atoms with E-state index in [2.05, 4.69) is 24.4 Å². The largest absolute Gasteiger partial charge is 0.463 e. The Bertz CT molecular complexity index is 739. The van der Waals surface area contributed by atoms with Crippen LogP contribution in [0.5, 0.6) is 0 Å². The minimum absolute atomic E-state index is 0.137. The van der Waals surface area contributed by atoms with Crippen LogP contribution in [-0.4, -0.2) is 30.3 Å². The summed E-state index contributed by atoms with van der Waals surface area (Å²) < 4.78 is 10.9. The number of ether oxygens (including phenoxy) is 2. The third-order valence-electron chi connectivity index (χ3n) is 6.13. The van der Waals surface area contributed by atoms with Crippen LogP contribution in [0.15, 0.2) is 42.5 Å². The predicted octanol–water partition coefficient (Wildman–Crippen LogP) is 8.70. The molecule has 210 valence electrons. The van der Waals surface area contributed by atoms with Gasteiger partial charge in [0.25, 0.3) is 0 Å². The Morgan fingerprint density at radius 1 is 0.838 bits per heavy atom. The SMILES string of the molecule is CCCCCCCC/C=C\CCCCCCCC(=O)OCC(Cc1ccccc1)NC(=O)OC(C)(C)C. The van der Waals surface area contributed by atoms with Crippen molar-refractivity contribution in [2.45, 2.75) is 136 Å². The highest BCUT2D eigenvalue weighted by Crippen LogP contribution is 2.12. The summed E-state index contributed by atoms with van der Waals surface area (Å²) in [5.74, 6) is -0.207. The zero-order valence-corrected chi connectivity index (χ0v) is 24.1. The lowest BCUT2D eigenvalue weighted by atomic mass is 10.1. The fourth-order valence-electron chi connectivity index (χ4n) is 4.13. The van der Waals surface area contributed by atoms with Crippen molar-refractivity contribution in [1.82, 2.24) is 5.32 Å². The van der Waals surface area contributed by atoms with Crippen molar-refractivity contribution in [2.24, 2.45) is 0 Å². The first-order chi connectivity index (χ1) is 17.8. The van der Waals surface area contributed by atoms with E-state index in [0.29, 0.717) is 12.8 Å². The lowest BCUT2D eigenvalue weighted by Crippen LogP contribution is -2.43. The summed E-state index contributed by atoms with van der Waals surface area (Å²) in [6, 6.07) is 9.52. The van der Waals surface area contributed by atoms with E-state index >= 15 is 0 Å². The fourth-order valence-corrected chi connectivity index (χ4v) is 4.13. The second kappa shape index (κ2) is 20.7. The van der Waals surface area contributed by atoms with Crippen LogP contribution in [0.3, 0.4) is 0 Å². The summed E-state index contributed by atoms with van der Waals surface area (Å²) in [6.07, 6.45) is 21.1. The maximum atomic E-state index is 12.3. The molecule has 1 unspecified atom stereocenters. The molecule has 0 saturated carbocycles. The lowest BCUT2D eigenvalue weighted by Gasteiger charge is -2.23. The van der Waals surface area contributed by atoms with Gasteiger partial charge in [0, 0.05) is 6.42 Å². The minimum atomic E-state index is -0.581. The average molecular weight is 516 g/mol. The average Bonchev–Trinajstić information content (AvgIpc) is 2.84. The normalized spacial score (nSPS) is 12.4. The molecule has 5 nitrogen and oxygen atoms in total. The predicted molar refractivity (Wildman–Crippen MR) is 154 cm³/mol. The number of carbonyl (C=O) groups is 2. The molecule has 1 amide bonds. The molecule has 0 heterocycles. The Balaban J connectivity index is 2.16. The maximum Gasteiger partial charge on any atom is 0.408 e. The van der Waals surface area contributed by atoms with E-state index in [1.165, 1.54) is 57.8 Å². The third kappa shape index (κ3) is 20.4. The fraction of sp³-hybridized carbons (Fsp3) is 0.688. The summed E-state index contributed by atoms with van der Waals surface area (Å²) in [6.45, 7) is 7.88. The molecule has 37 heavy (non-hydrogen) atoms. The quantitative estimate of drug-likeness (QED) is 0.107. The molecule has 0 aliphatic rings. The molecule has 0 spiro atoms. The monoisotopic (exact) mass is 515 g/mol. The van der Waals surface area contributed by atoms with Gasteiger partial charge in [0.15, 0.2) is 0 Å². The van der Waals surface area contributed by atoms with Crippen molar-refractivity contribution in [3.8, 4) is 0 Å². The van der Waals surface area contributed by atoms with E-state index in [1.54, 1.807) is 0 Å². The van der Waals surface area contributed by atoms with Crippen molar-refractivity contribution in [3.63, 3.8) is 0 Å². The number of hydrogen-bond acceptors (Lipinski definition) is 4. The molecular formula is C32H53NO4. The molecular weight excluding hydrogens is 462 g/mol. The number of rotatable bonds is 20. The highest BCUT2D eigenvalue weighted by molar-refractivity contribution is 5.70. The minimum Gasteiger partial charge on any atom is -0.463 e. The van der Waals surface area contributed by atoms with Crippen LogP contribution in [0, 0.1) is 0 Å². The van der Waals surface area contributed by atoms with E-state index in [-0.39, 0.29) is 18.6 Å². The van der Waals surface area contributed by atoms with E-state index in [0.717, 1.165) is 31.2 Å². The number of esters is 1. The number of alkyl carbamates (subject to hydrolysis) is 1. The summed E-state index contributed by atoms with van der Waals surface area (Å²) in [5.41, 5.74) is 0.485. The van der Waals surface area contributed by atoms with Crippen LogP contribution in [0.4, 0.5) is 4.79 Å². The first-order valence-electron chi connectivity index (χ1n) is 14.6. The molecule has 1 aromatic rings. The third-order valence-corrected chi connectivity index (χ3v) is 6.13. The second-order valence-corrected chi connectivity index (χ2v) is 11.1. The van der Waals surface area contributed by atoms with E-state index < -0.39 is 11.7 Å². The Hall–Kier alpha value is -2.30. The summed E-state index contributed by atoms with van der Waals surface area (Å²) in [7, 11) is 0. The van der Waals surface area contributed by atoms with Gasteiger partial charge in [-0.1, -0.05) is 101 Å². The highest BCUT2D eigenvalue weighted by Gasteiger charge is 2.21. The Morgan fingerprint density at radius 2 is 1.41 bits per heavy atom. The molecule has 0 saturated heterocycles. The van der Waals surface area contributed by atoms with E-state index in [4.69, 9.17) is 9.47 Å². The number of allylic oxidation sites excluding steroid dienone is 2. The number of amides is 1. The van der Waals surface area contributed by atoms with Gasteiger partial charge in [0.1, 0.15) is 12.2 Å². The Labute approximate surface area is 226 Å². The van der Waals surface area contributed by atoms with Crippen molar-refractivity contribution < 1.29 is 19.1 Å². The summed E-state index contributed by atoms with van der Waals surface area (Å²) in [5, 5.41) is 2.86. The van der Waals surface area contributed by atoms with Gasteiger partial charge in [-0.25, -0.2) is 4.79 Å². The van der Waals surface area contributed by atoms with Gasteiger partial charge in [-0.15, -0.1) is 0 Å². The zero-order chi connectivity index (χ0) is 27.2. The molecule has 0 aromatic heterocycles. The van der Waals surface area contributed by atoms with Crippen LogP contribution in [0.2, 0.25) is 0 Å². The highest BCUT2D eigenvalue weighted by atomic mass is 16.6. The molecule has 1 atom stereocenters. The maximum absolute atomic E-state index is 12.3. The van der Waals surface area contributed by atoms with Gasteiger partial charge in [-0.3, -0.25) is 4.79 Å². The number of benzene rings is 1. The molecule has 1 N–H and O–H groups in total. The molecule has 1 aromatic carbocycles. The van der Waals surface area contributed by atoms with Gasteiger partial charge in [0.2, 0.25) is 0 Å². The Morgan fingerprint density at radius 3 is 2.00 bits per heavy atom. The van der Waals surface area contributed by atoms with Crippen molar-refractivity contribution in [2.75, 3.05) is 6.61 Å². The van der Waals surface area contributed by atoms with Gasteiger partial charge < -0.3 is 14.8 Å². The lowest BCUT2D eigenvalue weighted by molar-refractivity contribution is -0.144. The first-order valence-corrected chi connectivity index (χ1v) is 14.6. The van der Waals surface area contributed by atoms with Crippen molar-refractivity contribution in [1.29, 1.82) is 0 Å². The standard InChI is InChI=1S/C32H53NO4/c1-5-6-7-8-9-10-11-12-13-14-15-16-17-18-22-25-30(34)36-27-29(26-28-23-20-19-21-24-28)33-31(35)37-32(2,3)4/h12-13,19-21,23-24,29H,5-11,14-18,22,25-27H2,1-4H3,(H,33,35)/b13-12-. The summed E-state index contributed by atoms with van der Waals surface area (Å²) in [4.78, 5) is 24.5. The van der Waals surface area contributed by atoms with Gasteiger partial charge in [0.05, 0.1) is 6.04 Å². The molecule has 0 aliphatic carbocycles. The van der Waals surface area contributed by atoms with E-state index in [1.807, 2.05) is 51.1 Å². The van der Waals surface area contributed by atoms with Crippen LogP contribution in [-0.2, 0) is 20.7 Å². The molecule has 0 fully saturated rings. The van der Waals surface area contributed by atoms with Gasteiger partial charge >= 0.3 is 12.1 Å². The second-order valence-electron chi connectivity index (χ2n) is 11.1. The Kier molecular flexibility index (Phi) is 18.3. The van der Waals surface area contributed by atoms with Crippen LogP contribution >= 0.6 is 0 Å². The van der Waals surface area contributed by atoms with Crippen LogP contribution in [0.25, 0.3) is 0 Å². The van der Waals surface area contributed by atoms with E-state index in [9.17, 15) is 9.59 Å². The molecule has 5 heteroatoms. The number of hydrogen-bond donors (Lipinski definition) is 1. The molecule has 0 bridgehead atoms. The van der Waals surface area contributed by atoms with Crippen LogP contribution in [0.1, 0.15) is 123 Å². The zero-order valence-electron chi connectivity index (χ0n) is 24.1. The topological polar surface area (TPSA) is 64.6 Å². The van der Waals surface area contributed by atoms with Gasteiger partial charge in [-0.05, 0) is 64.9 Å². The van der Waals surface area contributed by atoms with Crippen LogP contribution < -0.4 is 5.32 Å². The number of nitrogens with one attached hydrogen (secondary N) is 1. The molecule has 0 aliphatic heterocycles. The number of carbonyl (C=O) groups excluding carboxylic acids is 2. The van der Waals surface area contributed by atoms with Crippen molar-refractivity contribution in [3.05, 3.63) is 48.0 Å². The molecule has 0 radical (unpaired) electrons. The van der Waals surface area contributed by atoms with Gasteiger partial charge in [-0.2, -0.15) is 0 Å². The smallest absolute Gasteiger partial charge is 0.408 e. The first kappa shape index (κ1) is 32.7.